The molecule has 1 aromatic carbocycles. The highest BCUT2D eigenvalue weighted by Crippen LogP contribution is 2.58. The molecular weight excluding hydrogens is 358 g/mol. The summed E-state index contributed by atoms with van der Waals surface area (Å²) in [4.78, 5) is 2.30. The number of nitriles is 3. The van der Waals surface area contributed by atoms with Crippen LogP contribution < -0.4 is 5.73 Å². The van der Waals surface area contributed by atoms with Gasteiger partial charge in [0.15, 0.2) is 5.41 Å². The first-order valence-electron chi connectivity index (χ1n) is 8.90. The summed E-state index contributed by atoms with van der Waals surface area (Å²) in [6.07, 6.45) is 4.07. The van der Waals surface area contributed by atoms with Crippen molar-refractivity contribution >= 4 is 11.6 Å². The minimum atomic E-state index is -1.59. The van der Waals surface area contributed by atoms with E-state index < -0.39 is 11.3 Å². The van der Waals surface area contributed by atoms with E-state index in [1.807, 2.05) is 12.1 Å². The summed E-state index contributed by atoms with van der Waals surface area (Å²) in [5.41, 5.74) is 6.86. The third kappa shape index (κ3) is 2.25. The molecule has 2 N–H and O–H groups in total. The molecular formula is C21H18ClN5. The average Bonchev–Trinajstić information content (AvgIpc) is 2.91. The predicted octanol–water partition coefficient (Wildman–Crippen LogP) is 3.23. The number of allylic oxidation sites excluding steroid dienone is 2. The molecule has 5 nitrogen and oxygen atoms in total. The summed E-state index contributed by atoms with van der Waals surface area (Å²) in [7, 11) is 2.07. The Kier molecular flexibility index (Phi) is 4.01. The van der Waals surface area contributed by atoms with Gasteiger partial charge in [-0.25, -0.2) is 0 Å². The second-order valence-corrected chi connectivity index (χ2v) is 7.92. The smallest absolute Gasteiger partial charge is 0.191 e. The number of nitrogens with zero attached hydrogens (tertiary/aromatic N) is 4. The molecule has 1 saturated heterocycles. The zero-order chi connectivity index (χ0) is 19.3. The third-order valence-corrected chi connectivity index (χ3v) is 6.70. The molecule has 27 heavy (non-hydrogen) atoms. The van der Waals surface area contributed by atoms with E-state index in [1.165, 1.54) is 0 Å². The maximum atomic E-state index is 10.1. The number of rotatable bonds is 1. The Labute approximate surface area is 163 Å². The number of benzene rings is 1. The van der Waals surface area contributed by atoms with Crippen LogP contribution in [0, 0.1) is 45.3 Å². The first-order valence-corrected chi connectivity index (χ1v) is 9.28. The maximum Gasteiger partial charge on any atom is 0.191 e. The van der Waals surface area contributed by atoms with Crippen molar-refractivity contribution in [1.82, 2.24) is 4.90 Å². The standard InChI is InChI=1S/C21H18ClN5/c1-27-14-6-7-17(27)18-15(8-14)16(9-23)20(26)21(10-24,11-25)19(18)12-2-4-13(22)5-3-12/h2-5,8,14,17-19H,6-7,26H2,1H3/t14?,17?,18-,19+/m0/s1. The number of fused-ring (bicyclic) bond motifs is 4. The van der Waals surface area contributed by atoms with Gasteiger partial charge in [0.2, 0.25) is 0 Å². The molecule has 4 rings (SSSR count). The molecule has 1 fully saturated rings. The van der Waals surface area contributed by atoms with Crippen LogP contribution >= 0.6 is 11.6 Å². The Bertz CT molecular complexity index is 971. The third-order valence-electron chi connectivity index (χ3n) is 6.45. The van der Waals surface area contributed by atoms with E-state index in [9.17, 15) is 15.8 Å². The van der Waals surface area contributed by atoms with Crippen molar-refractivity contribution < 1.29 is 0 Å². The first-order chi connectivity index (χ1) is 13.0. The van der Waals surface area contributed by atoms with Gasteiger partial charge >= 0.3 is 0 Å². The number of nitrogens with two attached hydrogens (primary N) is 1. The monoisotopic (exact) mass is 375 g/mol. The second kappa shape index (κ2) is 6.14. The van der Waals surface area contributed by atoms with E-state index in [4.69, 9.17) is 17.3 Å². The van der Waals surface area contributed by atoms with Crippen LogP contribution in [0.1, 0.15) is 24.3 Å². The van der Waals surface area contributed by atoms with E-state index in [0.29, 0.717) is 10.6 Å². The van der Waals surface area contributed by atoms with E-state index in [2.05, 4.69) is 36.2 Å². The molecule has 2 bridgehead atoms. The van der Waals surface area contributed by atoms with Gasteiger partial charge in [0.25, 0.3) is 0 Å². The van der Waals surface area contributed by atoms with E-state index in [-0.39, 0.29) is 23.7 Å². The molecule has 0 saturated carbocycles. The lowest BCUT2D eigenvalue weighted by Gasteiger charge is -2.48. The van der Waals surface area contributed by atoms with Crippen molar-refractivity contribution in [2.45, 2.75) is 30.8 Å². The number of hydrogen-bond acceptors (Lipinski definition) is 5. The van der Waals surface area contributed by atoms with Gasteiger partial charge in [0.1, 0.15) is 6.07 Å². The molecule has 2 unspecified atom stereocenters. The van der Waals surface area contributed by atoms with E-state index >= 15 is 0 Å². The fourth-order valence-electron chi connectivity index (χ4n) is 5.13. The lowest BCUT2D eigenvalue weighted by Crippen LogP contribution is -2.51. The first kappa shape index (κ1) is 17.6. The summed E-state index contributed by atoms with van der Waals surface area (Å²) >= 11 is 6.06. The number of halogens is 1. The van der Waals surface area contributed by atoms with Gasteiger partial charge in [0.05, 0.1) is 23.4 Å². The summed E-state index contributed by atoms with van der Waals surface area (Å²) in [6, 6.07) is 14.2. The largest absolute Gasteiger partial charge is 0.399 e. The molecule has 0 aromatic heterocycles. The fraction of sp³-hybridized carbons (Fsp3) is 0.381. The minimum absolute atomic E-state index is 0.0707. The lowest BCUT2D eigenvalue weighted by molar-refractivity contribution is 0.160. The second-order valence-electron chi connectivity index (χ2n) is 7.49. The zero-order valence-corrected chi connectivity index (χ0v) is 15.6. The normalized spacial score (nSPS) is 31.3. The minimum Gasteiger partial charge on any atom is -0.399 e. The molecule has 2 aliphatic heterocycles. The molecule has 3 aliphatic rings. The summed E-state index contributed by atoms with van der Waals surface area (Å²) < 4.78 is 0. The molecule has 4 atom stereocenters. The topological polar surface area (TPSA) is 101 Å². The van der Waals surface area contributed by atoms with Crippen LogP contribution in [0.15, 0.2) is 47.2 Å². The van der Waals surface area contributed by atoms with Gasteiger partial charge in [-0.1, -0.05) is 29.8 Å². The van der Waals surface area contributed by atoms with Crippen LogP contribution in [0.2, 0.25) is 5.02 Å². The molecule has 6 heteroatoms. The van der Waals surface area contributed by atoms with Crippen molar-refractivity contribution in [3.63, 3.8) is 0 Å². The molecule has 0 spiro atoms. The number of hydrogen-bond donors (Lipinski definition) is 1. The molecule has 134 valence electrons. The van der Waals surface area contributed by atoms with Gasteiger partial charge in [-0.15, -0.1) is 0 Å². The van der Waals surface area contributed by atoms with Crippen LogP contribution in [0.4, 0.5) is 0 Å². The number of likely N-dealkylation sites (N-methyl/N-ethyl adjacent to an activating group) is 1. The highest BCUT2D eigenvalue weighted by molar-refractivity contribution is 6.30. The van der Waals surface area contributed by atoms with Crippen molar-refractivity contribution in [3.05, 3.63) is 57.8 Å². The molecule has 0 radical (unpaired) electrons. The van der Waals surface area contributed by atoms with Crippen molar-refractivity contribution in [2.75, 3.05) is 7.05 Å². The van der Waals surface area contributed by atoms with Crippen LogP contribution in [0.5, 0.6) is 0 Å². The SMILES string of the molecule is CN1C2C=C3C(C#N)=C(N)C(C#N)(C#N)[C@H](c4ccc(Cl)cc4)[C@@H]3C1CC2. The summed E-state index contributed by atoms with van der Waals surface area (Å²) in [5, 5.41) is 30.6. The van der Waals surface area contributed by atoms with Gasteiger partial charge < -0.3 is 5.73 Å². The van der Waals surface area contributed by atoms with E-state index in [0.717, 1.165) is 24.0 Å². The Balaban J connectivity index is 2.04. The average molecular weight is 376 g/mol. The summed E-state index contributed by atoms with van der Waals surface area (Å²) in [6.45, 7) is 0. The van der Waals surface area contributed by atoms with Gasteiger partial charge in [-0.2, -0.15) is 15.8 Å². The lowest BCUT2D eigenvalue weighted by atomic mass is 9.56. The van der Waals surface area contributed by atoms with Gasteiger partial charge in [-0.05, 0) is 43.2 Å². The maximum absolute atomic E-state index is 10.1. The molecule has 1 aromatic rings. The highest BCUT2D eigenvalue weighted by Gasteiger charge is 2.58. The molecule has 2 heterocycles. The van der Waals surface area contributed by atoms with Crippen LogP contribution in [-0.4, -0.2) is 24.0 Å². The van der Waals surface area contributed by atoms with Crippen molar-refractivity contribution in [2.24, 2.45) is 17.1 Å². The quantitative estimate of drug-likeness (QED) is 0.812. The Morgan fingerprint density at radius 3 is 2.41 bits per heavy atom. The molecule has 0 amide bonds. The Hall–Kier alpha value is -2.78. The van der Waals surface area contributed by atoms with Crippen molar-refractivity contribution in [3.8, 4) is 18.2 Å². The Morgan fingerprint density at radius 2 is 1.81 bits per heavy atom. The van der Waals surface area contributed by atoms with Crippen LogP contribution in [-0.2, 0) is 0 Å². The summed E-state index contributed by atoms with van der Waals surface area (Å²) in [5.74, 6) is -0.601. The predicted molar refractivity (Wildman–Crippen MR) is 101 cm³/mol. The van der Waals surface area contributed by atoms with E-state index in [1.54, 1.807) is 12.1 Å². The van der Waals surface area contributed by atoms with Crippen LogP contribution in [0.3, 0.4) is 0 Å². The fourth-order valence-corrected chi connectivity index (χ4v) is 5.26. The highest BCUT2D eigenvalue weighted by atomic mass is 35.5. The van der Waals surface area contributed by atoms with Crippen LogP contribution in [0.25, 0.3) is 0 Å². The van der Waals surface area contributed by atoms with Gasteiger partial charge in [-0.3, -0.25) is 4.90 Å². The zero-order valence-electron chi connectivity index (χ0n) is 14.9. The van der Waals surface area contributed by atoms with Gasteiger partial charge in [0, 0.05) is 28.9 Å². The Morgan fingerprint density at radius 1 is 1.15 bits per heavy atom. The molecule has 1 aliphatic carbocycles. The van der Waals surface area contributed by atoms with Crippen molar-refractivity contribution in [1.29, 1.82) is 15.8 Å².